The zero-order valence-electron chi connectivity index (χ0n) is 6.31. The molecule has 1 N–H and O–H groups in total. The van der Waals surface area contributed by atoms with Crippen molar-refractivity contribution in [2.75, 3.05) is 0 Å². The molecule has 0 aliphatic heterocycles. The van der Waals surface area contributed by atoms with Crippen molar-refractivity contribution in [3.63, 3.8) is 0 Å². The van der Waals surface area contributed by atoms with E-state index in [9.17, 15) is 5.11 Å². The van der Waals surface area contributed by atoms with E-state index < -0.39 is 5.79 Å². The number of aliphatic hydroxyl groups is 1. The van der Waals surface area contributed by atoms with E-state index >= 15 is 0 Å². The average molecular weight is 143 g/mol. The third kappa shape index (κ3) is 2.67. The van der Waals surface area contributed by atoms with Gasteiger partial charge >= 0.3 is 0 Å². The molecule has 2 nitrogen and oxygen atoms in total. The Balaban J connectivity index is 2.30. The van der Waals surface area contributed by atoms with E-state index in [1.54, 1.807) is 0 Å². The minimum atomic E-state index is -1.60. The zero-order chi connectivity index (χ0) is 7.45. The quantitative estimate of drug-likeness (QED) is 0.516. The van der Waals surface area contributed by atoms with Crippen LogP contribution >= 0.6 is 0 Å². The third-order valence-electron chi connectivity index (χ3n) is 2.13. The van der Waals surface area contributed by atoms with E-state index in [4.69, 9.17) is 5.11 Å². The van der Waals surface area contributed by atoms with Crippen LogP contribution in [0.15, 0.2) is 0 Å². The minimum Gasteiger partial charge on any atom is -0.363 e. The van der Waals surface area contributed by atoms with E-state index in [0.717, 1.165) is 25.7 Å². The zero-order valence-corrected chi connectivity index (χ0v) is 6.31. The fourth-order valence-corrected chi connectivity index (χ4v) is 1.46. The van der Waals surface area contributed by atoms with Crippen LogP contribution in [0.25, 0.3) is 0 Å². The molecule has 0 aromatic rings. The molecule has 59 valence electrons. The maximum Gasteiger partial charge on any atom is 0.199 e. The lowest BCUT2D eigenvalue weighted by Crippen LogP contribution is -2.26. The molecule has 0 bridgehead atoms. The van der Waals surface area contributed by atoms with Gasteiger partial charge in [0.05, 0.1) is 0 Å². The van der Waals surface area contributed by atoms with Gasteiger partial charge in [0.1, 0.15) is 0 Å². The SMILES string of the molecule is [O]C1(O)CCCCCCC1. The van der Waals surface area contributed by atoms with Gasteiger partial charge in [-0.05, 0) is 12.8 Å². The highest BCUT2D eigenvalue weighted by Crippen LogP contribution is 2.23. The minimum absolute atomic E-state index is 0.451. The lowest BCUT2D eigenvalue weighted by molar-refractivity contribution is -0.216. The fourth-order valence-electron chi connectivity index (χ4n) is 1.46. The first-order valence-corrected chi connectivity index (χ1v) is 4.13. The van der Waals surface area contributed by atoms with Crippen LogP contribution in [0.1, 0.15) is 44.9 Å². The highest BCUT2D eigenvalue weighted by atomic mass is 16.5. The monoisotopic (exact) mass is 143 g/mol. The Bertz CT molecular complexity index is 89.4. The Labute approximate surface area is 61.9 Å². The van der Waals surface area contributed by atoms with Crippen LogP contribution in [0.3, 0.4) is 0 Å². The summed E-state index contributed by atoms with van der Waals surface area (Å²) in [6.07, 6.45) is 6.17. The summed E-state index contributed by atoms with van der Waals surface area (Å²) in [4.78, 5) is 0. The molecule has 0 aromatic heterocycles. The summed E-state index contributed by atoms with van der Waals surface area (Å²) in [6.45, 7) is 0. The highest BCUT2D eigenvalue weighted by molar-refractivity contribution is 4.67. The van der Waals surface area contributed by atoms with Crippen LogP contribution in [0.4, 0.5) is 0 Å². The summed E-state index contributed by atoms with van der Waals surface area (Å²) < 4.78 is 0. The van der Waals surface area contributed by atoms with E-state index in [0.29, 0.717) is 12.8 Å². The normalized spacial score (nSPS) is 27.0. The average Bonchev–Trinajstić information content (AvgIpc) is 1.81. The molecule has 1 aliphatic carbocycles. The van der Waals surface area contributed by atoms with Gasteiger partial charge in [0.15, 0.2) is 5.79 Å². The second-order valence-electron chi connectivity index (χ2n) is 3.21. The summed E-state index contributed by atoms with van der Waals surface area (Å²) in [6, 6.07) is 0. The lowest BCUT2D eigenvalue weighted by atomic mass is 9.96. The fraction of sp³-hybridized carbons (Fsp3) is 1.00. The van der Waals surface area contributed by atoms with Gasteiger partial charge in [0.25, 0.3) is 0 Å². The molecule has 10 heavy (non-hydrogen) atoms. The molecular formula is C8H15O2. The van der Waals surface area contributed by atoms with Gasteiger partial charge in [0, 0.05) is 12.8 Å². The molecule has 1 radical (unpaired) electrons. The summed E-state index contributed by atoms with van der Waals surface area (Å²) >= 11 is 0. The van der Waals surface area contributed by atoms with Gasteiger partial charge in [-0.1, -0.05) is 19.3 Å². The largest absolute Gasteiger partial charge is 0.363 e. The Kier molecular flexibility index (Phi) is 2.69. The Morgan fingerprint density at radius 3 is 1.80 bits per heavy atom. The summed E-state index contributed by atoms with van der Waals surface area (Å²) in [5, 5.41) is 20.2. The number of hydrogen-bond acceptors (Lipinski definition) is 1. The molecule has 0 amide bonds. The smallest absolute Gasteiger partial charge is 0.199 e. The van der Waals surface area contributed by atoms with Crippen LogP contribution < -0.4 is 0 Å². The maximum atomic E-state index is 11.1. The maximum absolute atomic E-state index is 11.1. The van der Waals surface area contributed by atoms with E-state index in [-0.39, 0.29) is 0 Å². The van der Waals surface area contributed by atoms with Crippen molar-refractivity contribution in [1.82, 2.24) is 0 Å². The molecule has 0 atom stereocenters. The molecule has 0 aromatic carbocycles. The topological polar surface area (TPSA) is 40.1 Å². The van der Waals surface area contributed by atoms with E-state index in [1.807, 2.05) is 0 Å². The standard InChI is InChI=1S/C8H15O2/c9-8(10)6-4-2-1-3-5-7-8/h9H,1-7H2. The highest BCUT2D eigenvalue weighted by Gasteiger charge is 2.24. The van der Waals surface area contributed by atoms with E-state index in [2.05, 4.69) is 0 Å². The van der Waals surface area contributed by atoms with Crippen LogP contribution in [0.2, 0.25) is 0 Å². The summed E-state index contributed by atoms with van der Waals surface area (Å²) in [5.41, 5.74) is 0. The van der Waals surface area contributed by atoms with Crippen LogP contribution in [0.5, 0.6) is 0 Å². The van der Waals surface area contributed by atoms with Crippen LogP contribution in [-0.4, -0.2) is 10.9 Å². The van der Waals surface area contributed by atoms with Crippen molar-refractivity contribution in [2.24, 2.45) is 0 Å². The molecule has 0 unspecified atom stereocenters. The lowest BCUT2D eigenvalue weighted by Gasteiger charge is -2.21. The van der Waals surface area contributed by atoms with Gasteiger partial charge < -0.3 is 5.11 Å². The molecule has 0 spiro atoms. The first kappa shape index (κ1) is 8.02. The molecule has 1 saturated carbocycles. The number of rotatable bonds is 0. The summed E-state index contributed by atoms with van der Waals surface area (Å²) in [7, 11) is 0. The van der Waals surface area contributed by atoms with Crippen LogP contribution in [-0.2, 0) is 5.11 Å². The number of hydrogen-bond donors (Lipinski definition) is 1. The Hall–Kier alpha value is -0.0800. The van der Waals surface area contributed by atoms with Gasteiger partial charge in [-0.25, -0.2) is 0 Å². The first-order valence-electron chi connectivity index (χ1n) is 4.13. The molecule has 1 aliphatic rings. The van der Waals surface area contributed by atoms with Crippen molar-refractivity contribution in [3.05, 3.63) is 0 Å². The van der Waals surface area contributed by atoms with Crippen LogP contribution in [0, 0.1) is 0 Å². The van der Waals surface area contributed by atoms with Crippen molar-refractivity contribution in [2.45, 2.75) is 50.7 Å². The predicted molar refractivity (Wildman–Crippen MR) is 38.0 cm³/mol. The first-order chi connectivity index (χ1) is 4.71. The Morgan fingerprint density at radius 1 is 0.900 bits per heavy atom. The van der Waals surface area contributed by atoms with Crippen molar-refractivity contribution >= 4 is 0 Å². The molecule has 1 rings (SSSR count). The summed E-state index contributed by atoms with van der Waals surface area (Å²) in [5.74, 6) is -1.60. The second kappa shape index (κ2) is 3.35. The molecule has 0 saturated heterocycles. The predicted octanol–water partition coefficient (Wildman–Crippen LogP) is 1.85. The second-order valence-corrected chi connectivity index (χ2v) is 3.21. The van der Waals surface area contributed by atoms with Gasteiger partial charge in [-0.15, -0.1) is 0 Å². The van der Waals surface area contributed by atoms with Gasteiger partial charge in [-0.3, -0.25) is 0 Å². The molecule has 2 heteroatoms. The molecule has 1 fully saturated rings. The van der Waals surface area contributed by atoms with Gasteiger partial charge in [0.2, 0.25) is 0 Å². The third-order valence-corrected chi connectivity index (χ3v) is 2.13. The Morgan fingerprint density at radius 2 is 1.30 bits per heavy atom. The van der Waals surface area contributed by atoms with Crippen molar-refractivity contribution in [3.8, 4) is 0 Å². The van der Waals surface area contributed by atoms with Gasteiger partial charge in [-0.2, -0.15) is 5.11 Å². The molecule has 0 heterocycles. The molecular weight excluding hydrogens is 128 g/mol. The van der Waals surface area contributed by atoms with Crippen molar-refractivity contribution < 1.29 is 10.2 Å². The van der Waals surface area contributed by atoms with Crippen molar-refractivity contribution in [1.29, 1.82) is 0 Å². The van der Waals surface area contributed by atoms with E-state index in [1.165, 1.54) is 6.42 Å².